The molecule has 1 fully saturated rings. The zero-order valence-electron chi connectivity index (χ0n) is 12.1. The minimum absolute atomic E-state index is 0.0904. The predicted octanol–water partition coefficient (Wildman–Crippen LogP) is 2.31. The molecule has 3 heteroatoms. The van der Waals surface area contributed by atoms with Gasteiger partial charge in [-0.25, -0.2) is 0 Å². The zero-order chi connectivity index (χ0) is 13.2. The summed E-state index contributed by atoms with van der Waals surface area (Å²) in [5, 5.41) is 6.42. The first-order valence-electron chi connectivity index (χ1n) is 6.77. The van der Waals surface area contributed by atoms with Crippen molar-refractivity contribution in [2.24, 2.45) is 11.8 Å². The van der Waals surface area contributed by atoms with Gasteiger partial charge < -0.3 is 10.6 Å². The Labute approximate surface area is 106 Å². The van der Waals surface area contributed by atoms with Crippen LogP contribution in [0.5, 0.6) is 0 Å². The van der Waals surface area contributed by atoms with Gasteiger partial charge in [-0.15, -0.1) is 0 Å². The van der Waals surface area contributed by atoms with Crippen molar-refractivity contribution < 1.29 is 4.79 Å². The molecule has 0 spiro atoms. The van der Waals surface area contributed by atoms with Crippen LogP contribution < -0.4 is 10.6 Å². The van der Waals surface area contributed by atoms with Crippen LogP contribution in [0, 0.1) is 11.8 Å². The van der Waals surface area contributed by atoms with Gasteiger partial charge in [0, 0.05) is 11.6 Å². The average Bonchev–Trinajstić information content (AvgIpc) is 2.06. The van der Waals surface area contributed by atoms with Crippen LogP contribution in [-0.2, 0) is 4.79 Å². The molecular weight excluding hydrogens is 212 g/mol. The van der Waals surface area contributed by atoms with E-state index in [1.165, 1.54) is 12.8 Å². The van der Waals surface area contributed by atoms with E-state index in [9.17, 15) is 4.79 Å². The lowest BCUT2D eigenvalue weighted by atomic mass is 9.73. The van der Waals surface area contributed by atoms with Crippen LogP contribution in [-0.4, -0.2) is 23.5 Å². The Hall–Kier alpha value is -0.570. The number of carbonyl (C=O) groups is 1. The lowest BCUT2D eigenvalue weighted by Gasteiger charge is -2.40. The quantitative estimate of drug-likeness (QED) is 0.792. The third-order valence-electron chi connectivity index (χ3n) is 3.49. The molecule has 1 aliphatic carbocycles. The molecule has 1 unspecified atom stereocenters. The Bertz CT molecular complexity index is 262. The van der Waals surface area contributed by atoms with Gasteiger partial charge in [0.05, 0.1) is 6.04 Å². The minimum atomic E-state index is -0.146. The first kappa shape index (κ1) is 14.5. The third-order valence-corrected chi connectivity index (χ3v) is 3.49. The SMILES string of the molecule is CC(NC1CC(C(C)C)C1)C(=O)NC(C)(C)C. The molecule has 17 heavy (non-hydrogen) atoms. The fourth-order valence-corrected chi connectivity index (χ4v) is 2.25. The number of amides is 1. The van der Waals surface area contributed by atoms with E-state index in [1.54, 1.807) is 0 Å². The molecule has 1 aliphatic rings. The Balaban J connectivity index is 2.27. The monoisotopic (exact) mass is 240 g/mol. The van der Waals surface area contributed by atoms with Crippen molar-refractivity contribution in [3.8, 4) is 0 Å². The van der Waals surface area contributed by atoms with E-state index in [4.69, 9.17) is 0 Å². The molecule has 0 saturated heterocycles. The molecule has 0 aromatic carbocycles. The Morgan fingerprint density at radius 2 is 1.71 bits per heavy atom. The van der Waals surface area contributed by atoms with Crippen LogP contribution in [0.4, 0.5) is 0 Å². The number of carbonyl (C=O) groups excluding carboxylic acids is 1. The molecule has 1 atom stereocenters. The largest absolute Gasteiger partial charge is 0.350 e. The van der Waals surface area contributed by atoms with Crippen molar-refractivity contribution in [1.82, 2.24) is 10.6 Å². The summed E-state index contributed by atoms with van der Waals surface area (Å²) in [4.78, 5) is 11.9. The van der Waals surface area contributed by atoms with Crippen molar-refractivity contribution in [2.45, 2.75) is 72.0 Å². The van der Waals surface area contributed by atoms with Crippen LogP contribution >= 0.6 is 0 Å². The van der Waals surface area contributed by atoms with Gasteiger partial charge in [0.2, 0.25) is 5.91 Å². The molecule has 1 saturated carbocycles. The fourth-order valence-electron chi connectivity index (χ4n) is 2.25. The van der Waals surface area contributed by atoms with Gasteiger partial charge >= 0.3 is 0 Å². The summed E-state index contributed by atoms with van der Waals surface area (Å²) in [6.45, 7) is 12.5. The van der Waals surface area contributed by atoms with E-state index in [-0.39, 0.29) is 17.5 Å². The standard InChI is InChI=1S/C14H28N2O/c1-9(2)11-7-12(8-11)15-10(3)13(17)16-14(4,5)6/h9-12,15H,7-8H2,1-6H3,(H,16,17). The van der Waals surface area contributed by atoms with E-state index in [2.05, 4.69) is 24.5 Å². The summed E-state index contributed by atoms with van der Waals surface area (Å²) >= 11 is 0. The van der Waals surface area contributed by atoms with E-state index in [0.717, 1.165) is 11.8 Å². The summed E-state index contributed by atoms with van der Waals surface area (Å²) in [6, 6.07) is 0.440. The molecule has 2 N–H and O–H groups in total. The van der Waals surface area contributed by atoms with Crippen LogP contribution in [0.1, 0.15) is 54.4 Å². The maximum absolute atomic E-state index is 11.9. The number of nitrogens with one attached hydrogen (secondary N) is 2. The molecule has 100 valence electrons. The summed E-state index contributed by atoms with van der Waals surface area (Å²) < 4.78 is 0. The van der Waals surface area contributed by atoms with E-state index < -0.39 is 0 Å². The molecule has 0 aliphatic heterocycles. The van der Waals surface area contributed by atoms with Gasteiger partial charge in [-0.3, -0.25) is 4.79 Å². The average molecular weight is 240 g/mol. The third kappa shape index (κ3) is 4.66. The summed E-state index contributed by atoms with van der Waals surface area (Å²) in [5.41, 5.74) is -0.146. The van der Waals surface area contributed by atoms with E-state index in [1.807, 2.05) is 27.7 Å². The highest BCUT2D eigenvalue weighted by atomic mass is 16.2. The summed E-state index contributed by atoms with van der Waals surface area (Å²) in [6.07, 6.45) is 2.43. The van der Waals surface area contributed by atoms with Crippen LogP contribution in [0.2, 0.25) is 0 Å². The smallest absolute Gasteiger partial charge is 0.237 e. The van der Waals surface area contributed by atoms with Crippen LogP contribution in [0.15, 0.2) is 0 Å². The van der Waals surface area contributed by atoms with Crippen molar-refractivity contribution in [3.63, 3.8) is 0 Å². The number of hydrogen-bond acceptors (Lipinski definition) is 2. The highest BCUT2D eigenvalue weighted by Crippen LogP contribution is 2.33. The lowest BCUT2D eigenvalue weighted by Crippen LogP contribution is -2.54. The molecule has 0 heterocycles. The van der Waals surface area contributed by atoms with Crippen molar-refractivity contribution in [1.29, 1.82) is 0 Å². The van der Waals surface area contributed by atoms with Gasteiger partial charge in [0.1, 0.15) is 0 Å². The Kier molecular flexibility index (Phi) is 4.59. The second kappa shape index (κ2) is 5.38. The first-order chi connectivity index (χ1) is 7.69. The number of hydrogen-bond donors (Lipinski definition) is 2. The highest BCUT2D eigenvalue weighted by Gasteiger charge is 2.33. The molecule has 3 nitrogen and oxygen atoms in total. The van der Waals surface area contributed by atoms with Crippen molar-refractivity contribution in [2.75, 3.05) is 0 Å². The highest BCUT2D eigenvalue weighted by molar-refractivity contribution is 5.81. The predicted molar refractivity (Wildman–Crippen MR) is 71.8 cm³/mol. The maximum Gasteiger partial charge on any atom is 0.237 e. The molecule has 0 radical (unpaired) electrons. The van der Waals surface area contributed by atoms with Gasteiger partial charge in [0.15, 0.2) is 0 Å². The molecular formula is C14H28N2O. The van der Waals surface area contributed by atoms with Crippen molar-refractivity contribution in [3.05, 3.63) is 0 Å². The Morgan fingerprint density at radius 1 is 1.18 bits per heavy atom. The molecule has 0 aromatic rings. The van der Waals surface area contributed by atoms with Gasteiger partial charge in [-0.05, 0) is 52.4 Å². The molecule has 0 bridgehead atoms. The second-order valence-corrected chi connectivity index (χ2v) is 6.80. The summed E-state index contributed by atoms with van der Waals surface area (Å²) in [5.74, 6) is 1.71. The molecule has 1 rings (SSSR count). The summed E-state index contributed by atoms with van der Waals surface area (Å²) in [7, 11) is 0. The molecule has 0 aromatic heterocycles. The van der Waals surface area contributed by atoms with Gasteiger partial charge in [0.25, 0.3) is 0 Å². The second-order valence-electron chi connectivity index (χ2n) is 6.80. The van der Waals surface area contributed by atoms with E-state index >= 15 is 0 Å². The zero-order valence-corrected chi connectivity index (χ0v) is 12.1. The van der Waals surface area contributed by atoms with E-state index in [0.29, 0.717) is 6.04 Å². The lowest BCUT2D eigenvalue weighted by molar-refractivity contribution is -0.124. The maximum atomic E-state index is 11.9. The minimum Gasteiger partial charge on any atom is -0.350 e. The van der Waals surface area contributed by atoms with Gasteiger partial charge in [-0.2, -0.15) is 0 Å². The Morgan fingerprint density at radius 3 is 2.12 bits per heavy atom. The van der Waals surface area contributed by atoms with Gasteiger partial charge in [-0.1, -0.05) is 13.8 Å². The van der Waals surface area contributed by atoms with Crippen molar-refractivity contribution >= 4 is 5.91 Å². The first-order valence-corrected chi connectivity index (χ1v) is 6.77. The van der Waals surface area contributed by atoms with Crippen LogP contribution in [0.3, 0.4) is 0 Å². The van der Waals surface area contributed by atoms with Crippen LogP contribution in [0.25, 0.3) is 0 Å². The normalized spacial score (nSPS) is 26.5. The number of rotatable bonds is 4. The molecule has 1 amide bonds. The topological polar surface area (TPSA) is 41.1 Å². The fraction of sp³-hybridized carbons (Fsp3) is 0.929.